The van der Waals surface area contributed by atoms with Crippen LogP contribution in [0, 0.1) is 5.82 Å². The average Bonchev–Trinajstić information content (AvgIpc) is 3.38. The second-order valence-electron chi connectivity index (χ2n) is 9.94. The van der Waals surface area contributed by atoms with E-state index in [1.54, 1.807) is 36.7 Å². The molecular weight excluding hydrogens is 517 g/mol. The second kappa shape index (κ2) is 10.5. The van der Waals surface area contributed by atoms with Crippen LogP contribution in [0.1, 0.15) is 28.9 Å². The van der Waals surface area contributed by atoms with E-state index in [1.165, 1.54) is 18.3 Å². The van der Waals surface area contributed by atoms with E-state index >= 15 is 0 Å². The van der Waals surface area contributed by atoms with E-state index in [4.69, 9.17) is 0 Å². The Morgan fingerprint density at radius 1 is 0.950 bits per heavy atom. The first-order chi connectivity index (χ1) is 19.3. The SMILES string of the molecule is O=C(Nc1ccc(-c2cccc(F)c2)nc1)c1n[nH]c2ccc(-c3cncc(CN4CCC(F)(F)CC4)c3)cc12. The molecule has 0 saturated carbocycles. The predicted molar refractivity (Wildman–Crippen MR) is 146 cm³/mol. The van der Waals surface area contributed by atoms with Crippen LogP contribution in [-0.2, 0) is 6.54 Å². The third-order valence-electron chi connectivity index (χ3n) is 7.04. The normalized spacial score (nSPS) is 15.3. The number of aromatic amines is 1. The van der Waals surface area contributed by atoms with Crippen LogP contribution in [0.5, 0.6) is 0 Å². The largest absolute Gasteiger partial charge is 0.319 e. The molecule has 0 atom stereocenters. The number of nitrogens with zero attached hydrogens (tertiary/aromatic N) is 4. The van der Waals surface area contributed by atoms with Gasteiger partial charge in [0.05, 0.1) is 23.1 Å². The Bertz CT molecular complexity index is 1680. The molecule has 1 amide bonds. The molecule has 202 valence electrons. The first-order valence-electron chi connectivity index (χ1n) is 12.9. The summed E-state index contributed by atoms with van der Waals surface area (Å²) in [6, 6.07) is 17.2. The maximum absolute atomic E-state index is 13.5. The average molecular weight is 543 g/mol. The molecule has 40 heavy (non-hydrogen) atoms. The fourth-order valence-electron chi connectivity index (χ4n) is 4.87. The van der Waals surface area contributed by atoms with Crippen molar-refractivity contribution < 1.29 is 18.0 Å². The Labute approximate surface area is 228 Å². The monoisotopic (exact) mass is 542 g/mol. The Balaban J connectivity index is 1.19. The lowest BCUT2D eigenvalue weighted by Gasteiger charge is -2.31. The fraction of sp³-hybridized carbons (Fsp3) is 0.200. The van der Waals surface area contributed by atoms with Gasteiger partial charge in [-0.3, -0.25) is 24.8 Å². The minimum Gasteiger partial charge on any atom is -0.319 e. The van der Waals surface area contributed by atoms with Gasteiger partial charge in [0.25, 0.3) is 11.8 Å². The molecule has 0 spiro atoms. The first kappa shape index (κ1) is 25.7. The number of H-pyrrole nitrogens is 1. The molecule has 6 rings (SSSR count). The first-order valence-corrected chi connectivity index (χ1v) is 12.9. The van der Waals surface area contributed by atoms with Crippen molar-refractivity contribution >= 4 is 22.5 Å². The maximum Gasteiger partial charge on any atom is 0.276 e. The van der Waals surface area contributed by atoms with Crippen molar-refractivity contribution in [2.75, 3.05) is 18.4 Å². The van der Waals surface area contributed by atoms with Crippen LogP contribution < -0.4 is 5.32 Å². The Kier molecular flexibility index (Phi) is 6.77. The van der Waals surface area contributed by atoms with Gasteiger partial charge in [-0.15, -0.1) is 0 Å². The number of pyridine rings is 2. The van der Waals surface area contributed by atoms with Crippen molar-refractivity contribution in [3.05, 3.63) is 96.3 Å². The van der Waals surface area contributed by atoms with E-state index in [1.807, 2.05) is 29.2 Å². The number of piperidine rings is 1. The van der Waals surface area contributed by atoms with E-state index in [0.717, 1.165) is 16.7 Å². The van der Waals surface area contributed by atoms with Gasteiger partial charge in [0.2, 0.25) is 0 Å². The molecule has 0 radical (unpaired) electrons. The summed E-state index contributed by atoms with van der Waals surface area (Å²) >= 11 is 0. The highest BCUT2D eigenvalue weighted by atomic mass is 19.3. The lowest BCUT2D eigenvalue weighted by molar-refractivity contribution is -0.0566. The van der Waals surface area contributed by atoms with Gasteiger partial charge in [-0.1, -0.05) is 18.2 Å². The Hall–Kier alpha value is -4.57. The van der Waals surface area contributed by atoms with Gasteiger partial charge in [0.15, 0.2) is 5.69 Å². The van der Waals surface area contributed by atoms with Gasteiger partial charge < -0.3 is 5.32 Å². The summed E-state index contributed by atoms with van der Waals surface area (Å²) in [5, 5.41) is 10.6. The van der Waals surface area contributed by atoms with Gasteiger partial charge in [-0.2, -0.15) is 5.10 Å². The summed E-state index contributed by atoms with van der Waals surface area (Å²) in [6.45, 7) is 1.24. The van der Waals surface area contributed by atoms with Crippen LogP contribution >= 0.6 is 0 Å². The van der Waals surface area contributed by atoms with Crippen molar-refractivity contribution in [2.45, 2.75) is 25.3 Å². The Morgan fingerprint density at radius 2 is 1.80 bits per heavy atom. The van der Waals surface area contributed by atoms with Crippen LogP contribution in [0.15, 0.2) is 79.3 Å². The van der Waals surface area contributed by atoms with Crippen molar-refractivity contribution in [2.24, 2.45) is 0 Å². The number of carbonyl (C=O) groups excluding carboxylic acids is 1. The maximum atomic E-state index is 13.5. The van der Waals surface area contributed by atoms with Crippen molar-refractivity contribution in [3.63, 3.8) is 0 Å². The van der Waals surface area contributed by atoms with Crippen LogP contribution in [0.4, 0.5) is 18.9 Å². The van der Waals surface area contributed by atoms with Crippen LogP contribution in [0.3, 0.4) is 0 Å². The number of hydrogen-bond donors (Lipinski definition) is 2. The van der Waals surface area contributed by atoms with Crippen LogP contribution in [0.25, 0.3) is 33.3 Å². The molecule has 2 N–H and O–H groups in total. The zero-order valence-electron chi connectivity index (χ0n) is 21.4. The number of fused-ring (bicyclic) bond motifs is 1. The van der Waals surface area contributed by atoms with Gasteiger partial charge in [0.1, 0.15) is 5.82 Å². The van der Waals surface area contributed by atoms with E-state index in [0.29, 0.717) is 47.5 Å². The van der Waals surface area contributed by atoms with Gasteiger partial charge in [-0.05, 0) is 53.6 Å². The quantitative estimate of drug-likeness (QED) is 0.263. The van der Waals surface area contributed by atoms with Crippen LogP contribution in [-0.4, -0.2) is 50.0 Å². The topological polar surface area (TPSA) is 86.8 Å². The Morgan fingerprint density at radius 3 is 2.58 bits per heavy atom. The molecule has 7 nitrogen and oxygen atoms in total. The molecule has 1 fully saturated rings. The predicted octanol–water partition coefficient (Wildman–Crippen LogP) is 6.31. The molecule has 10 heteroatoms. The molecule has 0 aliphatic carbocycles. The number of alkyl halides is 2. The summed E-state index contributed by atoms with van der Waals surface area (Å²) in [7, 11) is 0. The van der Waals surface area contributed by atoms with Gasteiger partial charge in [-0.25, -0.2) is 13.2 Å². The third kappa shape index (κ3) is 5.57. The van der Waals surface area contributed by atoms with Crippen LogP contribution in [0.2, 0.25) is 0 Å². The second-order valence-corrected chi connectivity index (χ2v) is 9.94. The van der Waals surface area contributed by atoms with Crippen molar-refractivity contribution in [1.82, 2.24) is 25.1 Å². The lowest BCUT2D eigenvalue weighted by Crippen LogP contribution is -2.38. The van der Waals surface area contributed by atoms with Gasteiger partial charge in [0, 0.05) is 61.4 Å². The third-order valence-corrected chi connectivity index (χ3v) is 7.04. The van der Waals surface area contributed by atoms with Crippen molar-refractivity contribution in [3.8, 4) is 22.4 Å². The molecule has 5 aromatic rings. The number of carbonyl (C=O) groups is 1. The molecule has 1 aliphatic rings. The number of nitrogens with one attached hydrogen (secondary N) is 2. The summed E-state index contributed by atoms with van der Waals surface area (Å²) in [6.07, 6.45) is 4.74. The van der Waals surface area contributed by atoms with E-state index < -0.39 is 11.8 Å². The molecule has 0 bridgehead atoms. The van der Waals surface area contributed by atoms with Gasteiger partial charge >= 0.3 is 0 Å². The fourth-order valence-corrected chi connectivity index (χ4v) is 4.87. The molecule has 3 aromatic heterocycles. The molecule has 0 unspecified atom stereocenters. The van der Waals surface area contributed by atoms with E-state index in [-0.39, 0.29) is 24.4 Å². The number of aromatic nitrogens is 4. The standard InChI is InChI=1S/C30H25F3N6O/c31-23-3-1-2-21(13-23)26-7-5-24(17-35-26)36-29(40)28-25-14-20(4-6-27(25)37-38-28)22-12-19(15-34-16-22)18-39-10-8-30(32,33)9-11-39/h1-7,12-17H,8-11,18H2,(H,36,40)(H,37,38). The lowest BCUT2D eigenvalue weighted by atomic mass is 10.0. The molecule has 4 heterocycles. The summed E-state index contributed by atoms with van der Waals surface area (Å²) in [5.74, 6) is -3.33. The number of halogens is 3. The number of likely N-dealkylation sites (tertiary alicyclic amines) is 1. The zero-order chi connectivity index (χ0) is 27.7. The molecule has 2 aromatic carbocycles. The minimum atomic E-state index is -2.58. The summed E-state index contributed by atoms with van der Waals surface area (Å²) in [5.41, 5.74) is 5.26. The number of benzene rings is 2. The number of rotatable bonds is 6. The number of anilines is 1. The molecular formula is C30H25F3N6O. The summed E-state index contributed by atoms with van der Waals surface area (Å²) < 4.78 is 40.6. The van der Waals surface area contributed by atoms with E-state index in [9.17, 15) is 18.0 Å². The smallest absolute Gasteiger partial charge is 0.276 e. The molecule has 1 aliphatic heterocycles. The zero-order valence-corrected chi connectivity index (χ0v) is 21.4. The summed E-state index contributed by atoms with van der Waals surface area (Å²) in [4.78, 5) is 23.8. The number of hydrogen-bond acceptors (Lipinski definition) is 5. The molecule has 1 saturated heterocycles. The van der Waals surface area contributed by atoms with E-state index in [2.05, 4.69) is 25.5 Å². The highest BCUT2D eigenvalue weighted by molar-refractivity contribution is 6.11. The highest BCUT2D eigenvalue weighted by Gasteiger charge is 2.33. The van der Waals surface area contributed by atoms with Crippen molar-refractivity contribution in [1.29, 1.82) is 0 Å². The minimum absolute atomic E-state index is 0.130. The highest BCUT2D eigenvalue weighted by Crippen LogP contribution is 2.30. The number of amides is 1.